The van der Waals surface area contributed by atoms with E-state index in [9.17, 15) is 4.39 Å². The largest absolute Gasteiger partial charge is 0.313 e. The van der Waals surface area contributed by atoms with E-state index in [-0.39, 0.29) is 11.4 Å². The summed E-state index contributed by atoms with van der Waals surface area (Å²) in [6.45, 7) is 4.80. The Hall–Kier alpha value is -0.930. The fraction of sp³-hybridized carbons (Fsp3) is 0.500. The first-order valence-electron chi connectivity index (χ1n) is 5.31. The van der Waals surface area contributed by atoms with Crippen molar-refractivity contribution in [1.29, 1.82) is 0 Å². The van der Waals surface area contributed by atoms with Crippen LogP contribution in [0.2, 0.25) is 0 Å². The lowest BCUT2D eigenvalue weighted by Crippen LogP contribution is -2.56. The van der Waals surface area contributed by atoms with Crippen molar-refractivity contribution in [1.82, 2.24) is 10.2 Å². The van der Waals surface area contributed by atoms with Crippen molar-refractivity contribution in [3.8, 4) is 0 Å². The number of benzene rings is 1. The molecule has 1 N–H and O–H groups in total. The van der Waals surface area contributed by atoms with Crippen molar-refractivity contribution in [2.24, 2.45) is 0 Å². The van der Waals surface area contributed by atoms with Crippen LogP contribution in [0.5, 0.6) is 0 Å². The van der Waals surface area contributed by atoms with Gasteiger partial charge in [-0.3, -0.25) is 4.90 Å². The Bertz CT molecular complexity index is 353. The van der Waals surface area contributed by atoms with E-state index in [0.717, 1.165) is 25.2 Å². The monoisotopic (exact) mass is 208 g/mol. The Morgan fingerprint density at radius 3 is 2.80 bits per heavy atom. The molecule has 1 aliphatic heterocycles. The third-order valence-corrected chi connectivity index (χ3v) is 3.39. The fourth-order valence-electron chi connectivity index (χ4n) is 2.16. The maximum Gasteiger partial charge on any atom is 0.128 e. The molecule has 1 aromatic carbocycles. The summed E-state index contributed by atoms with van der Waals surface area (Å²) in [4.78, 5) is 2.21. The maximum absolute atomic E-state index is 13.7. The standard InChI is InChI=1S/C12H17FN2/c1-12(9-14-7-8-15(12)2)10-5-3-4-6-11(10)13/h3-6,14H,7-9H2,1-2H3. The van der Waals surface area contributed by atoms with E-state index in [0.29, 0.717) is 0 Å². The molecule has 1 unspecified atom stereocenters. The van der Waals surface area contributed by atoms with E-state index in [2.05, 4.69) is 17.1 Å². The van der Waals surface area contributed by atoms with Crippen LogP contribution in [-0.2, 0) is 5.54 Å². The SMILES string of the molecule is CN1CCNCC1(C)c1ccccc1F. The quantitative estimate of drug-likeness (QED) is 0.753. The van der Waals surface area contributed by atoms with Crippen molar-refractivity contribution in [2.75, 3.05) is 26.7 Å². The number of likely N-dealkylation sites (N-methyl/N-ethyl adjacent to an activating group) is 1. The zero-order chi connectivity index (χ0) is 10.9. The van der Waals surface area contributed by atoms with E-state index in [1.165, 1.54) is 6.07 Å². The van der Waals surface area contributed by atoms with Gasteiger partial charge in [0.15, 0.2) is 0 Å². The van der Waals surface area contributed by atoms with Gasteiger partial charge in [0.05, 0.1) is 5.54 Å². The Balaban J connectivity index is 2.39. The summed E-state index contributed by atoms with van der Waals surface area (Å²) >= 11 is 0. The zero-order valence-electron chi connectivity index (χ0n) is 9.26. The average Bonchev–Trinajstić information content (AvgIpc) is 2.23. The maximum atomic E-state index is 13.7. The van der Waals surface area contributed by atoms with E-state index < -0.39 is 0 Å². The Morgan fingerprint density at radius 1 is 1.40 bits per heavy atom. The topological polar surface area (TPSA) is 15.3 Å². The van der Waals surface area contributed by atoms with Crippen LogP contribution in [0, 0.1) is 5.82 Å². The van der Waals surface area contributed by atoms with Crippen LogP contribution in [0.25, 0.3) is 0 Å². The molecule has 15 heavy (non-hydrogen) atoms. The first kappa shape index (κ1) is 10.6. The molecule has 0 amide bonds. The molecule has 1 aliphatic rings. The molecule has 0 bridgehead atoms. The van der Waals surface area contributed by atoms with Crippen LogP contribution in [-0.4, -0.2) is 31.6 Å². The van der Waals surface area contributed by atoms with E-state index in [4.69, 9.17) is 0 Å². The van der Waals surface area contributed by atoms with E-state index >= 15 is 0 Å². The summed E-state index contributed by atoms with van der Waals surface area (Å²) < 4.78 is 13.7. The van der Waals surface area contributed by atoms with Crippen LogP contribution in [0.15, 0.2) is 24.3 Å². The molecule has 2 nitrogen and oxygen atoms in total. The van der Waals surface area contributed by atoms with Crippen molar-refractivity contribution in [2.45, 2.75) is 12.5 Å². The van der Waals surface area contributed by atoms with Crippen molar-refractivity contribution >= 4 is 0 Å². The number of rotatable bonds is 1. The summed E-state index contributed by atoms with van der Waals surface area (Å²) in [6, 6.07) is 7.03. The highest BCUT2D eigenvalue weighted by molar-refractivity contribution is 5.26. The lowest BCUT2D eigenvalue weighted by Gasteiger charge is -2.43. The van der Waals surface area contributed by atoms with Gasteiger partial charge in [0.2, 0.25) is 0 Å². The van der Waals surface area contributed by atoms with Crippen molar-refractivity contribution in [3.05, 3.63) is 35.6 Å². The second-order valence-electron chi connectivity index (χ2n) is 4.35. The van der Waals surface area contributed by atoms with Crippen LogP contribution in [0.1, 0.15) is 12.5 Å². The van der Waals surface area contributed by atoms with Gasteiger partial charge < -0.3 is 5.32 Å². The number of nitrogens with zero attached hydrogens (tertiary/aromatic N) is 1. The van der Waals surface area contributed by atoms with Gasteiger partial charge >= 0.3 is 0 Å². The minimum Gasteiger partial charge on any atom is -0.313 e. The van der Waals surface area contributed by atoms with Crippen LogP contribution in [0.4, 0.5) is 4.39 Å². The Morgan fingerprint density at radius 2 is 2.13 bits per heavy atom. The Kier molecular flexibility index (Phi) is 2.76. The normalized spacial score (nSPS) is 27.9. The van der Waals surface area contributed by atoms with Crippen LogP contribution >= 0.6 is 0 Å². The number of nitrogens with one attached hydrogen (secondary N) is 1. The van der Waals surface area contributed by atoms with Gasteiger partial charge in [0.25, 0.3) is 0 Å². The smallest absolute Gasteiger partial charge is 0.128 e. The van der Waals surface area contributed by atoms with E-state index in [1.807, 2.05) is 19.2 Å². The number of hydrogen-bond donors (Lipinski definition) is 1. The third kappa shape index (κ3) is 1.77. The van der Waals surface area contributed by atoms with Gasteiger partial charge in [-0.05, 0) is 20.0 Å². The summed E-state index contributed by atoms with van der Waals surface area (Å²) in [5, 5.41) is 3.32. The zero-order valence-corrected chi connectivity index (χ0v) is 9.26. The third-order valence-electron chi connectivity index (χ3n) is 3.39. The molecule has 1 atom stereocenters. The molecule has 0 spiro atoms. The highest BCUT2D eigenvalue weighted by atomic mass is 19.1. The predicted molar refractivity (Wildman–Crippen MR) is 59.3 cm³/mol. The average molecular weight is 208 g/mol. The highest BCUT2D eigenvalue weighted by Gasteiger charge is 2.35. The summed E-state index contributed by atoms with van der Waals surface area (Å²) in [7, 11) is 2.05. The summed E-state index contributed by atoms with van der Waals surface area (Å²) in [6.07, 6.45) is 0. The van der Waals surface area contributed by atoms with Crippen molar-refractivity contribution in [3.63, 3.8) is 0 Å². The molecule has 0 radical (unpaired) electrons. The molecule has 82 valence electrons. The van der Waals surface area contributed by atoms with Gasteiger partial charge in [-0.2, -0.15) is 0 Å². The van der Waals surface area contributed by atoms with Gasteiger partial charge in [0.1, 0.15) is 5.82 Å². The van der Waals surface area contributed by atoms with Gasteiger partial charge in [-0.15, -0.1) is 0 Å². The minimum atomic E-state index is -0.233. The van der Waals surface area contributed by atoms with Gasteiger partial charge in [0, 0.05) is 25.2 Å². The second kappa shape index (κ2) is 3.91. The molecule has 1 saturated heterocycles. The number of piperazine rings is 1. The molecule has 0 saturated carbocycles. The molecular weight excluding hydrogens is 191 g/mol. The van der Waals surface area contributed by atoms with Gasteiger partial charge in [-0.25, -0.2) is 4.39 Å². The first-order valence-corrected chi connectivity index (χ1v) is 5.31. The molecule has 0 aliphatic carbocycles. The molecule has 2 rings (SSSR count). The first-order chi connectivity index (χ1) is 7.14. The number of halogens is 1. The summed E-state index contributed by atoms with van der Waals surface area (Å²) in [5.41, 5.74) is 0.545. The number of hydrogen-bond acceptors (Lipinski definition) is 2. The predicted octanol–water partition coefficient (Wildman–Crippen LogP) is 1.58. The lowest BCUT2D eigenvalue weighted by atomic mass is 9.88. The molecule has 0 aromatic heterocycles. The van der Waals surface area contributed by atoms with Gasteiger partial charge in [-0.1, -0.05) is 18.2 Å². The summed E-state index contributed by atoms with van der Waals surface area (Å²) in [5.74, 6) is -0.115. The molecular formula is C12H17FN2. The van der Waals surface area contributed by atoms with Crippen LogP contribution in [0.3, 0.4) is 0 Å². The molecule has 1 heterocycles. The second-order valence-corrected chi connectivity index (χ2v) is 4.35. The molecule has 1 aromatic rings. The fourth-order valence-corrected chi connectivity index (χ4v) is 2.16. The lowest BCUT2D eigenvalue weighted by molar-refractivity contribution is 0.100. The molecule has 1 fully saturated rings. The van der Waals surface area contributed by atoms with E-state index in [1.54, 1.807) is 6.07 Å². The molecule has 3 heteroatoms. The highest BCUT2D eigenvalue weighted by Crippen LogP contribution is 2.29. The van der Waals surface area contributed by atoms with Crippen LogP contribution < -0.4 is 5.32 Å². The minimum absolute atomic E-state index is 0.115. The Labute approximate surface area is 90.1 Å². The van der Waals surface area contributed by atoms with Crippen molar-refractivity contribution < 1.29 is 4.39 Å².